The van der Waals surface area contributed by atoms with E-state index in [1.54, 1.807) is 27.7 Å². The van der Waals surface area contributed by atoms with Crippen molar-refractivity contribution in [1.29, 1.82) is 5.26 Å². The fraction of sp³-hybridized carbons (Fsp3) is 0.364. The summed E-state index contributed by atoms with van der Waals surface area (Å²) in [5.41, 5.74) is 3.72. The highest BCUT2D eigenvalue weighted by molar-refractivity contribution is 5.68. The molecule has 1 N–H and O–H groups in total. The van der Waals surface area contributed by atoms with Crippen LogP contribution in [0.3, 0.4) is 0 Å². The Morgan fingerprint density at radius 2 is 2.03 bits per heavy atom. The van der Waals surface area contributed by atoms with Crippen LogP contribution in [0.1, 0.15) is 48.7 Å². The number of benzene rings is 1. The molecule has 0 bridgehead atoms. The predicted octanol–water partition coefficient (Wildman–Crippen LogP) is 2.78. The highest BCUT2D eigenvalue weighted by atomic mass is 16.6. The summed E-state index contributed by atoms with van der Waals surface area (Å²) in [4.78, 5) is 29.8. The molecule has 0 spiro atoms. The number of carbonyl (C=O) groups excluding carboxylic acids is 1. The van der Waals surface area contributed by atoms with Crippen molar-refractivity contribution in [1.82, 2.24) is 19.5 Å². The fourth-order valence-corrected chi connectivity index (χ4v) is 3.62. The molecular formula is C22H23N5O3. The highest BCUT2D eigenvalue weighted by Crippen LogP contribution is 2.22. The number of aromatic nitrogens is 3. The maximum atomic E-state index is 12.7. The van der Waals surface area contributed by atoms with Crippen molar-refractivity contribution in [2.45, 2.75) is 45.8 Å². The number of hydrogen-bond donors (Lipinski definition) is 1. The van der Waals surface area contributed by atoms with Crippen molar-refractivity contribution in [3.63, 3.8) is 0 Å². The Bertz CT molecular complexity index is 1210. The number of rotatable bonds is 2. The van der Waals surface area contributed by atoms with Crippen LogP contribution in [0.2, 0.25) is 0 Å². The van der Waals surface area contributed by atoms with E-state index >= 15 is 0 Å². The summed E-state index contributed by atoms with van der Waals surface area (Å²) in [5.74, 6) is 0. The number of nitriles is 1. The van der Waals surface area contributed by atoms with Gasteiger partial charge in [0.25, 0.3) is 5.56 Å². The molecule has 3 heterocycles. The number of H-pyrrole nitrogens is 1. The van der Waals surface area contributed by atoms with Gasteiger partial charge in [-0.15, -0.1) is 0 Å². The first kappa shape index (κ1) is 19.7. The first-order chi connectivity index (χ1) is 14.2. The molecule has 0 atom stereocenters. The summed E-state index contributed by atoms with van der Waals surface area (Å²) in [6.45, 7) is 6.18. The second-order valence-corrected chi connectivity index (χ2v) is 8.45. The van der Waals surface area contributed by atoms with Gasteiger partial charge >= 0.3 is 6.09 Å². The van der Waals surface area contributed by atoms with Crippen LogP contribution >= 0.6 is 0 Å². The molecule has 8 heteroatoms. The lowest BCUT2D eigenvalue weighted by Gasteiger charge is -2.30. The number of nitrogens with one attached hydrogen (secondary N) is 1. The first-order valence-electron chi connectivity index (χ1n) is 9.83. The van der Waals surface area contributed by atoms with Crippen molar-refractivity contribution >= 4 is 11.7 Å². The van der Waals surface area contributed by atoms with Crippen molar-refractivity contribution in [2.75, 3.05) is 6.54 Å². The number of amides is 1. The molecule has 0 unspecified atom stereocenters. The van der Waals surface area contributed by atoms with E-state index in [-0.39, 0.29) is 12.1 Å². The second-order valence-electron chi connectivity index (χ2n) is 8.45. The van der Waals surface area contributed by atoms with E-state index in [0.717, 1.165) is 11.1 Å². The molecule has 1 aromatic carbocycles. The third-order valence-electron chi connectivity index (χ3n) is 5.06. The quantitative estimate of drug-likeness (QED) is 0.706. The standard InChI is InChI=1S/C22H23N5O3/c1-22(2,3)30-21(29)26-9-8-17-18(13-26)27-19(25-20(17)28)16(12-24-27)10-14-4-6-15(11-23)7-5-14/h4-7,12H,8-10,13H2,1-3H3,(H,25,28). The second kappa shape index (κ2) is 7.34. The summed E-state index contributed by atoms with van der Waals surface area (Å²) < 4.78 is 7.20. The van der Waals surface area contributed by atoms with Crippen LogP contribution in [-0.4, -0.2) is 37.7 Å². The zero-order chi connectivity index (χ0) is 21.5. The summed E-state index contributed by atoms with van der Waals surface area (Å²) in [6.07, 6.45) is 2.35. The Morgan fingerprint density at radius 1 is 1.30 bits per heavy atom. The number of aromatic amines is 1. The average molecular weight is 405 g/mol. The van der Waals surface area contributed by atoms with Gasteiger partial charge in [-0.2, -0.15) is 10.4 Å². The van der Waals surface area contributed by atoms with E-state index in [0.29, 0.717) is 41.9 Å². The van der Waals surface area contributed by atoms with Crippen LogP contribution in [0.15, 0.2) is 35.3 Å². The third kappa shape index (κ3) is 3.79. The smallest absolute Gasteiger partial charge is 0.410 e. The molecule has 0 radical (unpaired) electrons. The van der Waals surface area contributed by atoms with Gasteiger partial charge in [0.05, 0.1) is 30.1 Å². The van der Waals surface area contributed by atoms with Gasteiger partial charge in [-0.05, 0) is 44.9 Å². The highest BCUT2D eigenvalue weighted by Gasteiger charge is 2.29. The minimum atomic E-state index is -0.583. The van der Waals surface area contributed by atoms with Crippen molar-refractivity contribution in [2.24, 2.45) is 0 Å². The Hall–Kier alpha value is -3.60. The summed E-state index contributed by atoms with van der Waals surface area (Å²) >= 11 is 0. The fourth-order valence-electron chi connectivity index (χ4n) is 3.62. The number of fused-ring (bicyclic) bond motifs is 3. The molecule has 0 saturated heterocycles. The van der Waals surface area contributed by atoms with Crippen LogP contribution in [0.5, 0.6) is 0 Å². The molecule has 1 aliphatic rings. The van der Waals surface area contributed by atoms with Gasteiger partial charge in [0.1, 0.15) is 11.2 Å². The van der Waals surface area contributed by atoms with Gasteiger partial charge in [0.2, 0.25) is 0 Å². The Labute approximate surface area is 173 Å². The van der Waals surface area contributed by atoms with Crippen LogP contribution in [0, 0.1) is 11.3 Å². The predicted molar refractivity (Wildman–Crippen MR) is 110 cm³/mol. The van der Waals surface area contributed by atoms with Gasteiger partial charge in [0, 0.05) is 24.1 Å². The van der Waals surface area contributed by atoms with E-state index in [9.17, 15) is 9.59 Å². The van der Waals surface area contributed by atoms with Gasteiger partial charge in [-0.3, -0.25) is 4.79 Å². The molecule has 4 rings (SSSR count). The first-order valence-corrected chi connectivity index (χ1v) is 9.83. The van der Waals surface area contributed by atoms with E-state index in [1.165, 1.54) is 0 Å². The lowest BCUT2D eigenvalue weighted by molar-refractivity contribution is 0.0219. The molecule has 0 aliphatic carbocycles. The van der Waals surface area contributed by atoms with E-state index < -0.39 is 11.7 Å². The zero-order valence-corrected chi connectivity index (χ0v) is 17.2. The van der Waals surface area contributed by atoms with Crippen molar-refractivity contribution < 1.29 is 9.53 Å². The normalized spacial score (nSPS) is 13.7. The topological polar surface area (TPSA) is 103 Å². The molecule has 1 aliphatic heterocycles. The van der Waals surface area contributed by atoms with E-state index in [1.807, 2.05) is 32.9 Å². The monoisotopic (exact) mass is 405 g/mol. The van der Waals surface area contributed by atoms with Crippen molar-refractivity contribution in [3.05, 3.63) is 68.8 Å². The van der Waals surface area contributed by atoms with Gasteiger partial charge in [0.15, 0.2) is 0 Å². The summed E-state index contributed by atoms with van der Waals surface area (Å²) in [6, 6.07) is 9.42. The molecule has 8 nitrogen and oxygen atoms in total. The SMILES string of the molecule is CC(C)(C)OC(=O)N1CCc2c(n3ncc(Cc4ccc(C#N)cc4)c3[nH]c2=O)C1. The van der Waals surface area contributed by atoms with E-state index in [2.05, 4.69) is 16.2 Å². The van der Waals surface area contributed by atoms with Crippen molar-refractivity contribution in [3.8, 4) is 6.07 Å². The third-order valence-corrected chi connectivity index (χ3v) is 5.06. The number of nitrogens with zero attached hydrogens (tertiary/aromatic N) is 4. The number of hydrogen-bond acceptors (Lipinski definition) is 5. The summed E-state index contributed by atoms with van der Waals surface area (Å²) in [7, 11) is 0. The molecule has 30 heavy (non-hydrogen) atoms. The lowest BCUT2D eigenvalue weighted by Crippen LogP contribution is -2.42. The van der Waals surface area contributed by atoms with Gasteiger partial charge in [-0.25, -0.2) is 9.31 Å². The Kier molecular flexibility index (Phi) is 4.82. The Balaban J connectivity index is 1.66. The molecular weight excluding hydrogens is 382 g/mol. The van der Waals surface area contributed by atoms with Crippen LogP contribution in [0.4, 0.5) is 4.79 Å². The average Bonchev–Trinajstić information content (AvgIpc) is 3.09. The molecule has 1 amide bonds. The minimum absolute atomic E-state index is 0.150. The van der Waals surface area contributed by atoms with Crippen LogP contribution in [-0.2, 0) is 24.1 Å². The van der Waals surface area contributed by atoms with E-state index in [4.69, 9.17) is 10.00 Å². The molecule has 154 valence electrons. The number of ether oxygens (including phenoxy) is 1. The number of carbonyl (C=O) groups is 1. The summed E-state index contributed by atoms with van der Waals surface area (Å²) in [5, 5.41) is 13.4. The molecule has 3 aromatic rings. The molecule has 2 aromatic heterocycles. The van der Waals surface area contributed by atoms with Crippen LogP contribution < -0.4 is 5.56 Å². The maximum absolute atomic E-state index is 12.7. The molecule has 0 fully saturated rings. The Morgan fingerprint density at radius 3 is 2.70 bits per heavy atom. The minimum Gasteiger partial charge on any atom is -0.444 e. The van der Waals surface area contributed by atoms with Gasteiger partial charge in [-0.1, -0.05) is 12.1 Å². The molecule has 0 saturated carbocycles. The largest absolute Gasteiger partial charge is 0.444 e. The maximum Gasteiger partial charge on any atom is 0.410 e. The zero-order valence-electron chi connectivity index (χ0n) is 17.2. The van der Waals surface area contributed by atoms with Crippen LogP contribution in [0.25, 0.3) is 5.65 Å². The lowest BCUT2D eigenvalue weighted by atomic mass is 10.0. The van der Waals surface area contributed by atoms with Gasteiger partial charge < -0.3 is 14.6 Å².